The van der Waals surface area contributed by atoms with Crippen LogP contribution >= 0.6 is 0 Å². The third-order valence-electron chi connectivity index (χ3n) is 1.25. The van der Waals surface area contributed by atoms with E-state index in [0.717, 1.165) is 0 Å². The number of esters is 1. The lowest BCUT2D eigenvalue weighted by Gasteiger charge is -1.90. The van der Waals surface area contributed by atoms with Crippen LogP contribution in [-0.2, 0) is 9.53 Å². The van der Waals surface area contributed by atoms with E-state index >= 15 is 0 Å². The third-order valence-corrected chi connectivity index (χ3v) is 1.25. The van der Waals surface area contributed by atoms with Crippen LogP contribution in [0.1, 0.15) is 0 Å². The summed E-state index contributed by atoms with van der Waals surface area (Å²) >= 11 is 0. The van der Waals surface area contributed by atoms with Crippen molar-refractivity contribution in [3.63, 3.8) is 0 Å². The first kappa shape index (κ1) is 11.4. The van der Waals surface area contributed by atoms with Gasteiger partial charge in [0.2, 0.25) is 0 Å². The molecule has 0 rings (SSSR count). The zero-order chi connectivity index (χ0) is 10.1. The summed E-state index contributed by atoms with van der Waals surface area (Å²) in [5, 5.41) is 0. The van der Waals surface area contributed by atoms with Crippen molar-refractivity contribution in [3.8, 4) is 0 Å². The fourth-order valence-electron chi connectivity index (χ4n) is 0.593. The highest BCUT2D eigenvalue weighted by Gasteiger charge is 1.91. The number of carbonyl (C=O) groups excluding carboxylic acids is 1. The topological polar surface area (TPSA) is 38.7 Å². The number of hydrogen-bond acceptors (Lipinski definition) is 3. The highest BCUT2D eigenvalue weighted by atomic mass is 16.5. The Hall–Kier alpha value is -1.64. The Balaban J connectivity index is 4.30. The van der Waals surface area contributed by atoms with E-state index in [4.69, 9.17) is 0 Å². The molecule has 0 spiro atoms. The molecule has 0 aromatic rings. The van der Waals surface area contributed by atoms with Crippen LogP contribution in [0.5, 0.6) is 0 Å². The fourth-order valence-corrected chi connectivity index (χ4v) is 0.593. The monoisotopic (exact) mass is 179 g/mol. The van der Waals surface area contributed by atoms with Gasteiger partial charge in [0.05, 0.1) is 12.8 Å². The number of allylic oxidation sites excluding steroid dienone is 4. The van der Waals surface area contributed by atoms with Crippen molar-refractivity contribution in [1.29, 1.82) is 0 Å². The maximum absolute atomic E-state index is 10.7. The van der Waals surface area contributed by atoms with Gasteiger partial charge in [-0.25, -0.2) is 4.79 Å². The molecule has 0 aliphatic heterocycles. The number of rotatable bonds is 4. The van der Waals surface area contributed by atoms with E-state index < -0.39 is 5.97 Å². The molecule has 3 nitrogen and oxygen atoms in total. The highest BCUT2D eigenvalue weighted by Crippen LogP contribution is 1.87. The summed E-state index contributed by atoms with van der Waals surface area (Å²) in [6.07, 6.45) is 8.01. The molecule has 0 fully saturated rings. The number of hydrogen-bond donors (Lipinski definition) is 0. The lowest BCUT2D eigenvalue weighted by atomic mass is 10.3. The second kappa shape index (κ2) is 7.03. The van der Waals surface area contributed by atoms with Gasteiger partial charge >= 0.3 is 5.97 Å². The largest absolute Gasteiger partial charge is 0.466 e. The molecule has 0 aliphatic rings. The van der Waals surface area contributed by atoms with Crippen LogP contribution in [-0.4, -0.2) is 25.8 Å². The normalized spacial score (nSPS) is 12.3. The SMILES string of the molecule is C=C\C=C/C(/C=C/C(=O)OC)=N\C. The predicted octanol–water partition coefficient (Wildman–Crippen LogP) is 1.53. The molecule has 0 atom stereocenters. The van der Waals surface area contributed by atoms with E-state index in [0.29, 0.717) is 5.71 Å². The van der Waals surface area contributed by atoms with Crippen molar-refractivity contribution in [2.24, 2.45) is 4.99 Å². The van der Waals surface area contributed by atoms with Gasteiger partial charge in [-0.1, -0.05) is 18.7 Å². The summed E-state index contributed by atoms with van der Waals surface area (Å²) in [4.78, 5) is 14.6. The van der Waals surface area contributed by atoms with E-state index in [9.17, 15) is 4.79 Å². The Morgan fingerprint density at radius 3 is 2.54 bits per heavy atom. The van der Waals surface area contributed by atoms with Crippen molar-refractivity contribution in [2.75, 3.05) is 14.2 Å². The molecule has 3 heteroatoms. The van der Waals surface area contributed by atoms with Crippen molar-refractivity contribution in [2.45, 2.75) is 0 Å². The van der Waals surface area contributed by atoms with Gasteiger partial charge in [-0.15, -0.1) is 0 Å². The first-order valence-electron chi connectivity index (χ1n) is 3.76. The van der Waals surface area contributed by atoms with Gasteiger partial charge in [-0.05, 0) is 12.2 Å². The van der Waals surface area contributed by atoms with Gasteiger partial charge in [0.15, 0.2) is 0 Å². The molecule has 0 N–H and O–H groups in total. The zero-order valence-corrected chi connectivity index (χ0v) is 7.86. The Bertz CT molecular complexity index is 262. The van der Waals surface area contributed by atoms with Crippen molar-refractivity contribution < 1.29 is 9.53 Å². The molecule has 0 aromatic carbocycles. The molecule has 0 bridgehead atoms. The van der Waals surface area contributed by atoms with Crippen LogP contribution in [0.25, 0.3) is 0 Å². The number of methoxy groups -OCH3 is 1. The lowest BCUT2D eigenvalue weighted by Crippen LogP contribution is -1.96. The van der Waals surface area contributed by atoms with Crippen LogP contribution in [0.4, 0.5) is 0 Å². The Morgan fingerprint density at radius 2 is 2.08 bits per heavy atom. The molecule has 0 heterocycles. The Kier molecular flexibility index (Phi) is 6.15. The molecule has 0 radical (unpaired) electrons. The molecule has 70 valence electrons. The van der Waals surface area contributed by atoms with E-state index in [1.54, 1.807) is 31.4 Å². The summed E-state index contributed by atoms with van der Waals surface area (Å²) in [6.45, 7) is 3.52. The van der Waals surface area contributed by atoms with Crippen LogP contribution in [0, 0.1) is 0 Å². The van der Waals surface area contributed by atoms with Crippen molar-refractivity contribution in [1.82, 2.24) is 0 Å². The van der Waals surface area contributed by atoms with Crippen LogP contribution in [0.15, 0.2) is 42.0 Å². The number of nitrogens with zero attached hydrogens (tertiary/aromatic N) is 1. The van der Waals surface area contributed by atoms with Gasteiger partial charge in [0.25, 0.3) is 0 Å². The number of carbonyl (C=O) groups is 1. The minimum absolute atomic E-state index is 0.395. The molecular formula is C10H13NO2. The zero-order valence-electron chi connectivity index (χ0n) is 7.86. The molecule has 0 saturated carbocycles. The molecule has 13 heavy (non-hydrogen) atoms. The maximum Gasteiger partial charge on any atom is 0.330 e. The highest BCUT2D eigenvalue weighted by molar-refractivity contribution is 6.06. The number of aliphatic imine (C=N–C) groups is 1. The van der Waals surface area contributed by atoms with Crippen molar-refractivity contribution in [3.05, 3.63) is 37.0 Å². The first-order chi connectivity index (χ1) is 6.24. The number of ether oxygens (including phenoxy) is 1. The fraction of sp³-hybridized carbons (Fsp3) is 0.200. The lowest BCUT2D eigenvalue weighted by molar-refractivity contribution is -0.134. The van der Waals surface area contributed by atoms with Crippen molar-refractivity contribution >= 4 is 11.7 Å². The second-order valence-electron chi connectivity index (χ2n) is 2.10. The summed E-state index contributed by atoms with van der Waals surface area (Å²) in [6, 6.07) is 0. The first-order valence-corrected chi connectivity index (χ1v) is 3.76. The second-order valence-corrected chi connectivity index (χ2v) is 2.10. The van der Waals surface area contributed by atoms with E-state index in [1.165, 1.54) is 13.2 Å². The summed E-state index contributed by atoms with van der Waals surface area (Å²) in [5.41, 5.74) is 0.685. The van der Waals surface area contributed by atoms with Gasteiger partial charge in [-0.3, -0.25) is 4.99 Å². The average Bonchev–Trinajstić information content (AvgIpc) is 2.17. The van der Waals surface area contributed by atoms with Crippen LogP contribution < -0.4 is 0 Å². The van der Waals surface area contributed by atoms with E-state index in [-0.39, 0.29) is 0 Å². The van der Waals surface area contributed by atoms with Gasteiger partial charge in [0.1, 0.15) is 0 Å². The van der Waals surface area contributed by atoms with E-state index in [1.807, 2.05) is 0 Å². The standard InChI is InChI=1S/C10H13NO2/c1-4-5-6-9(11-2)7-8-10(12)13-3/h4-8H,1H2,2-3H3/b6-5-,8-7+,11-9+. The van der Waals surface area contributed by atoms with E-state index in [2.05, 4.69) is 16.3 Å². The quantitative estimate of drug-likeness (QED) is 0.284. The van der Waals surface area contributed by atoms with Crippen LogP contribution in [0.2, 0.25) is 0 Å². The molecular weight excluding hydrogens is 166 g/mol. The van der Waals surface area contributed by atoms with Gasteiger partial charge < -0.3 is 4.74 Å². The average molecular weight is 179 g/mol. The van der Waals surface area contributed by atoms with Gasteiger partial charge in [-0.2, -0.15) is 0 Å². The summed E-state index contributed by atoms with van der Waals surface area (Å²) in [7, 11) is 2.97. The Labute approximate surface area is 78.1 Å². The predicted molar refractivity (Wildman–Crippen MR) is 53.9 cm³/mol. The third kappa shape index (κ3) is 5.61. The summed E-state index contributed by atoms with van der Waals surface area (Å²) < 4.78 is 4.42. The molecule has 0 saturated heterocycles. The molecule has 0 aromatic heterocycles. The molecule has 0 amide bonds. The maximum atomic E-state index is 10.7. The smallest absolute Gasteiger partial charge is 0.330 e. The molecule has 0 unspecified atom stereocenters. The minimum Gasteiger partial charge on any atom is -0.466 e. The van der Waals surface area contributed by atoms with Gasteiger partial charge in [0, 0.05) is 13.1 Å². The molecule has 0 aliphatic carbocycles. The minimum atomic E-state index is -0.395. The summed E-state index contributed by atoms with van der Waals surface area (Å²) in [5.74, 6) is -0.395. The Morgan fingerprint density at radius 1 is 1.38 bits per heavy atom. The van der Waals surface area contributed by atoms with Crippen LogP contribution in [0.3, 0.4) is 0 Å².